The lowest BCUT2D eigenvalue weighted by atomic mass is 10.1. The van der Waals surface area contributed by atoms with Gasteiger partial charge in [0, 0.05) is 11.6 Å². The van der Waals surface area contributed by atoms with E-state index in [2.05, 4.69) is 27.3 Å². The van der Waals surface area contributed by atoms with Crippen LogP contribution in [0.5, 0.6) is 0 Å². The average molecular weight is 268 g/mol. The highest BCUT2D eigenvalue weighted by atomic mass is 16.4. The fraction of sp³-hybridized carbons (Fsp3) is 0.267. The van der Waals surface area contributed by atoms with E-state index < -0.39 is 0 Å². The molecule has 0 unspecified atom stereocenters. The highest BCUT2D eigenvalue weighted by Crippen LogP contribution is 2.18. The fourth-order valence-corrected chi connectivity index (χ4v) is 2.17. The third-order valence-electron chi connectivity index (χ3n) is 3.02. The number of rotatable bonds is 4. The van der Waals surface area contributed by atoms with Crippen LogP contribution in [0.1, 0.15) is 17.3 Å². The summed E-state index contributed by atoms with van der Waals surface area (Å²) in [5.41, 5.74) is 2.09. The van der Waals surface area contributed by atoms with Crippen molar-refractivity contribution in [2.75, 3.05) is 14.1 Å². The van der Waals surface area contributed by atoms with E-state index in [-0.39, 0.29) is 0 Å². The largest absolute Gasteiger partial charge is 0.424 e. The molecule has 0 atom stereocenters. The van der Waals surface area contributed by atoms with Crippen molar-refractivity contribution in [3.8, 4) is 0 Å². The Bertz CT molecular complexity index is 715. The van der Waals surface area contributed by atoms with Crippen LogP contribution in [-0.4, -0.2) is 34.2 Å². The lowest BCUT2D eigenvalue weighted by Crippen LogP contribution is -2.10. The summed E-state index contributed by atoms with van der Waals surface area (Å²) in [6, 6.07) is 10.1. The van der Waals surface area contributed by atoms with Gasteiger partial charge in [-0.25, -0.2) is 0 Å². The molecule has 2 aromatic heterocycles. The summed E-state index contributed by atoms with van der Waals surface area (Å²) in [5.74, 6) is 1.26. The molecule has 0 bridgehead atoms. The highest BCUT2D eigenvalue weighted by molar-refractivity contribution is 5.81. The normalized spacial score (nSPS) is 11.3. The van der Waals surface area contributed by atoms with Crippen molar-refractivity contribution in [2.24, 2.45) is 0 Å². The van der Waals surface area contributed by atoms with E-state index in [1.165, 1.54) is 0 Å². The molecule has 0 saturated heterocycles. The first-order valence-electron chi connectivity index (χ1n) is 6.51. The van der Waals surface area contributed by atoms with E-state index in [9.17, 15) is 0 Å². The van der Waals surface area contributed by atoms with Crippen molar-refractivity contribution < 1.29 is 4.42 Å². The van der Waals surface area contributed by atoms with E-state index in [0.717, 1.165) is 16.5 Å². The topological polar surface area (TPSA) is 55.1 Å². The Labute approximate surface area is 117 Å². The van der Waals surface area contributed by atoms with Gasteiger partial charge in [-0.1, -0.05) is 24.3 Å². The first kappa shape index (κ1) is 12.7. The molecular formula is C15H16N4O. The highest BCUT2D eigenvalue weighted by Gasteiger charge is 2.10. The van der Waals surface area contributed by atoms with Gasteiger partial charge in [-0.2, -0.15) is 0 Å². The summed E-state index contributed by atoms with van der Waals surface area (Å²) < 4.78 is 5.66. The average Bonchev–Trinajstić information content (AvgIpc) is 2.86. The maximum atomic E-state index is 5.66. The molecule has 0 aliphatic heterocycles. The van der Waals surface area contributed by atoms with Crippen LogP contribution in [0.15, 0.2) is 40.9 Å². The number of hydrogen-bond acceptors (Lipinski definition) is 5. The lowest BCUT2D eigenvalue weighted by molar-refractivity contribution is 0.334. The van der Waals surface area contributed by atoms with Gasteiger partial charge in [0.05, 0.1) is 18.5 Å². The number of nitrogens with zero attached hydrogens (tertiary/aromatic N) is 4. The van der Waals surface area contributed by atoms with Crippen LogP contribution in [0.2, 0.25) is 0 Å². The molecule has 5 heteroatoms. The first-order valence-corrected chi connectivity index (χ1v) is 6.51. The second-order valence-electron chi connectivity index (χ2n) is 5.00. The molecule has 5 nitrogen and oxygen atoms in total. The van der Waals surface area contributed by atoms with Crippen LogP contribution in [0, 0.1) is 0 Å². The van der Waals surface area contributed by atoms with Crippen LogP contribution in [-0.2, 0) is 13.0 Å². The molecule has 0 radical (unpaired) electrons. The van der Waals surface area contributed by atoms with Gasteiger partial charge in [-0.3, -0.25) is 4.98 Å². The number of aromatic nitrogens is 3. The van der Waals surface area contributed by atoms with Gasteiger partial charge in [0.2, 0.25) is 11.8 Å². The summed E-state index contributed by atoms with van der Waals surface area (Å²) in [6.45, 7) is 0.654. The van der Waals surface area contributed by atoms with Crippen LogP contribution < -0.4 is 0 Å². The van der Waals surface area contributed by atoms with Gasteiger partial charge in [-0.05, 0) is 25.7 Å². The Balaban J connectivity index is 1.88. The molecule has 0 spiro atoms. The monoisotopic (exact) mass is 268 g/mol. The molecule has 0 amide bonds. The van der Waals surface area contributed by atoms with Gasteiger partial charge < -0.3 is 9.32 Å². The first-order chi connectivity index (χ1) is 9.72. The van der Waals surface area contributed by atoms with Crippen molar-refractivity contribution >= 4 is 10.9 Å². The maximum Gasteiger partial charge on any atom is 0.230 e. The van der Waals surface area contributed by atoms with Gasteiger partial charge >= 0.3 is 0 Å². The minimum atomic E-state index is 0.606. The van der Waals surface area contributed by atoms with E-state index in [4.69, 9.17) is 4.42 Å². The predicted molar refractivity (Wildman–Crippen MR) is 76.2 cm³/mol. The molecule has 3 aromatic rings. The Morgan fingerprint density at radius 3 is 2.70 bits per heavy atom. The molecule has 102 valence electrons. The van der Waals surface area contributed by atoms with E-state index in [0.29, 0.717) is 24.7 Å². The summed E-state index contributed by atoms with van der Waals surface area (Å²) in [5, 5.41) is 9.28. The molecular weight excluding hydrogens is 252 g/mol. The Kier molecular flexibility index (Phi) is 3.43. The van der Waals surface area contributed by atoms with E-state index >= 15 is 0 Å². The van der Waals surface area contributed by atoms with Gasteiger partial charge in [0.15, 0.2) is 0 Å². The summed E-state index contributed by atoms with van der Waals surface area (Å²) in [7, 11) is 3.94. The second-order valence-corrected chi connectivity index (χ2v) is 5.00. The van der Waals surface area contributed by atoms with Crippen molar-refractivity contribution in [1.82, 2.24) is 20.1 Å². The van der Waals surface area contributed by atoms with Crippen molar-refractivity contribution in [1.29, 1.82) is 0 Å². The van der Waals surface area contributed by atoms with E-state index in [1.54, 1.807) is 6.20 Å². The second kappa shape index (κ2) is 5.38. The van der Waals surface area contributed by atoms with Gasteiger partial charge in [0.1, 0.15) is 0 Å². The summed E-state index contributed by atoms with van der Waals surface area (Å²) in [6.07, 6.45) is 2.41. The quantitative estimate of drug-likeness (QED) is 0.726. The third kappa shape index (κ3) is 2.67. The SMILES string of the molecule is CN(C)Cc1nnc(Cc2cccc3cccnc23)o1. The fourth-order valence-electron chi connectivity index (χ4n) is 2.17. The van der Waals surface area contributed by atoms with E-state index in [1.807, 2.05) is 37.2 Å². The molecule has 1 aromatic carbocycles. The Morgan fingerprint density at radius 2 is 1.85 bits per heavy atom. The molecule has 20 heavy (non-hydrogen) atoms. The molecule has 3 rings (SSSR count). The molecule has 2 heterocycles. The Hall–Kier alpha value is -2.27. The zero-order valence-corrected chi connectivity index (χ0v) is 11.6. The standard InChI is InChI=1S/C15H16N4O/c1-19(2)10-14-18-17-13(20-14)9-12-6-3-5-11-7-4-8-16-15(11)12/h3-8H,9-10H2,1-2H3. The number of fused-ring (bicyclic) bond motifs is 1. The van der Waals surface area contributed by atoms with Crippen molar-refractivity contribution in [2.45, 2.75) is 13.0 Å². The molecule has 0 fully saturated rings. The third-order valence-corrected chi connectivity index (χ3v) is 3.02. The van der Waals surface area contributed by atoms with Crippen LogP contribution in [0.25, 0.3) is 10.9 Å². The van der Waals surface area contributed by atoms with Gasteiger partial charge in [0.25, 0.3) is 0 Å². The lowest BCUT2D eigenvalue weighted by Gasteiger charge is -2.04. The van der Waals surface area contributed by atoms with Crippen LogP contribution in [0.3, 0.4) is 0 Å². The number of para-hydroxylation sites is 1. The summed E-state index contributed by atoms with van der Waals surface area (Å²) >= 11 is 0. The number of benzene rings is 1. The van der Waals surface area contributed by atoms with Crippen LogP contribution >= 0.6 is 0 Å². The minimum absolute atomic E-state index is 0.606. The number of pyridine rings is 1. The summed E-state index contributed by atoms with van der Waals surface area (Å²) in [4.78, 5) is 6.43. The molecule has 0 N–H and O–H groups in total. The molecule has 0 aliphatic rings. The Morgan fingerprint density at radius 1 is 1.05 bits per heavy atom. The minimum Gasteiger partial charge on any atom is -0.424 e. The van der Waals surface area contributed by atoms with Crippen LogP contribution in [0.4, 0.5) is 0 Å². The van der Waals surface area contributed by atoms with Gasteiger partial charge in [-0.15, -0.1) is 10.2 Å². The molecule has 0 saturated carbocycles. The zero-order chi connectivity index (χ0) is 13.9. The smallest absolute Gasteiger partial charge is 0.230 e. The van der Waals surface area contributed by atoms with Crippen molar-refractivity contribution in [3.05, 3.63) is 53.9 Å². The van der Waals surface area contributed by atoms with Crippen molar-refractivity contribution in [3.63, 3.8) is 0 Å². The predicted octanol–water partition coefficient (Wildman–Crippen LogP) is 2.27. The maximum absolute atomic E-state index is 5.66. The number of hydrogen-bond donors (Lipinski definition) is 0. The zero-order valence-electron chi connectivity index (χ0n) is 11.6. The molecule has 0 aliphatic carbocycles.